The van der Waals surface area contributed by atoms with Gasteiger partial charge in [-0.25, -0.2) is 4.79 Å². The van der Waals surface area contributed by atoms with Crippen LogP contribution in [0.2, 0.25) is 5.02 Å². The van der Waals surface area contributed by atoms with Crippen molar-refractivity contribution >= 4 is 23.3 Å². The SMILES string of the molecule is COC(=O)c1cnc(-c2ccccc2Cl)cc1-c1ccc([N+](=O)[O-])cc1. The summed E-state index contributed by atoms with van der Waals surface area (Å²) >= 11 is 6.24. The van der Waals surface area contributed by atoms with Gasteiger partial charge in [-0.3, -0.25) is 15.1 Å². The van der Waals surface area contributed by atoms with Crippen molar-refractivity contribution in [2.45, 2.75) is 0 Å². The number of halogens is 1. The second kappa shape index (κ2) is 7.33. The van der Waals surface area contributed by atoms with Gasteiger partial charge in [-0.2, -0.15) is 0 Å². The number of rotatable bonds is 4. The van der Waals surface area contributed by atoms with E-state index < -0.39 is 10.9 Å². The molecule has 3 rings (SSSR count). The Morgan fingerprint density at radius 1 is 1.12 bits per heavy atom. The fourth-order valence-corrected chi connectivity index (χ4v) is 2.78. The number of non-ortho nitro benzene ring substituents is 1. The number of nitrogens with zero attached hydrogens (tertiary/aromatic N) is 2. The van der Waals surface area contributed by atoms with Crippen molar-refractivity contribution in [3.63, 3.8) is 0 Å². The molecule has 0 aliphatic rings. The van der Waals surface area contributed by atoms with Crippen LogP contribution in [0.25, 0.3) is 22.4 Å². The molecule has 0 radical (unpaired) electrons. The van der Waals surface area contributed by atoms with E-state index in [2.05, 4.69) is 4.98 Å². The predicted octanol–water partition coefficient (Wildman–Crippen LogP) is 4.76. The number of carbonyl (C=O) groups excluding carboxylic acids is 1. The Morgan fingerprint density at radius 2 is 1.81 bits per heavy atom. The first-order chi connectivity index (χ1) is 12.5. The smallest absolute Gasteiger partial charge is 0.340 e. The van der Waals surface area contributed by atoms with Crippen molar-refractivity contribution in [3.05, 3.63) is 81.5 Å². The lowest BCUT2D eigenvalue weighted by Crippen LogP contribution is -2.05. The van der Waals surface area contributed by atoms with Crippen LogP contribution in [0.5, 0.6) is 0 Å². The highest BCUT2D eigenvalue weighted by Gasteiger charge is 2.17. The summed E-state index contributed by atoms with van der Waals surface area (Å²) in [6.45, 7) is 0. The molecule has 3 aromatic rings. The first-order valence-corrected chi connectivity index (χ1v) is 7.97. The molecule has 1 aromatic heterocycles. The maximum absolute atomic E-state index is 12.1. The maximum Gasteiger partial charge on any atom is 0.340 e. The number of hydrogen-bond acceptors (Lipinski definition) is 5. The molecule has 0 saturated carbocycles. The van der Waals surface area contributed by atoms with Crippen LogP contribution in [0.4, 0.5) is 5.69 Å². The first kappa shape index (κ1) is 17.6. The monoisotopic (exact) mass is 368 g/mol. The van der Waals surface area contributed by atoms with E-state index in [0.29, 0.717) is 27.4 Å². The van der Waals surface area contributed by atoms with Crippen molar-refractivity contribution in [3.8, 4) is 22.4 Å². The van der Waals surface area contributed by atoms with E-state index >= 15 is 0 Å². The second-order valence-electron chi connectivity index (χ2n) is 5.39. The number of nitro groups is 1. The number of hydrogen-bond donors (Lipinski definition) is 0. The van der Waals surface area contributed by atoms with Gasteiger partial charge in [-0.05, 0) is 35.4 Å². The van der Waals surface area contributed by atoms with Crippen LogP contribution in [0.15, 0.2) is 60.8 Å². The highest BCUT2D eigenvalue weighted by atomic mass is 35.5. The van der Waals surface area contributed by atoms with E-state index in [9.17, 15) is 14.9 Å². The Hall–Kier alpha value is -3.25. The average molecular weight is 369 g/mol. The van der Waals surface area contributed by atoms with Gasteiger partial charge in [-0.1, -0.05) is 29.8 Å². The molecule has 0 spiro atoms. The third kappa shape index (κ3) is 3.41. The van der Waals surface area contributed by atoms with E-state index in [4.69, 9.17) is 16.3 Å². The third-order valence-electron chi connectivity index (χ3n) is 3.85. The van der Waals surface area contributed by atoms with Gasteiger partial charge in [0.25, 0.3) is 5.69 Å². The summed E-state index contributed by atoms with van der Waals surface area (Å²) in [5.74, 6) is -0.545. The van der Waals surface area contributed by atoms with Crippen molar-refractivity contribution in [2.24, 2.45) is 0 Å². The van der Waals surface area contributed by atoms with Crippen molar-refractivity contribution in [1.29, 1.82) is 0 Å². The number of methoxy groups -OCH3 is 1. The predicted molar refractivity (Wildman–Crippen MR) is 98.1 cm³/mol. The molecule has 130 valence electrons. The minimum absolute atomic E-state index is 0.0336. The summed E-state index contributed by atoms with van der Waals surface area (Å²) in [6.07, 6.45) is 1.42. The highest BCUT2D eigenvalue weighted by molar-refractivity contribution is 6.33. The number of ether oxygens (including phenoxy) is 1. The molecular formula is C19H13ClN2O4. The van der Waals surface area contributed by atoms with Gasteiger partial charge in [0.1, 0.15) is 0 Å². The minimum atomic E-state index is -0.545. The molecule has 7 heteroatoms. The fourth-order valence-electron chi connectivity index (χ4n) is 2.55. The summed E-state index contributed by atoms with van der Waals surface area (Å²) in [5.41, 5.74) is 2.71. The van der Waals surface area contributed by atoms with Gasteiger partial charge in [0.2, 0.25) is 0 Å². The maximum atomic E-state index is 12.1. The second-order valence-corrected chi connectivity index (χ2v) is 5.80. The van der Waals surface area contributed by atoms with E-state index in [1.807, 2.05) is 18.2 Å². The lowest BCUT2D eigenvalue weighted by molar-refractivity contribution is -0.384. The zero-order valence-electron chi connectivity index (χ0n) is 13.7. The van der Waals surface area contributed by atoms with E-state index in [1.165, 1.54) is 25.4 Å². The van der Waals surface area contributed by atoms with Gasteiger partial charge < -0.3 is 4.74 Å². The summed E-state index contributed by atoms with van der Waals surface area (Å²) in [4.78, 5) is 26.8. The summed E-state index contributed by atoms with van der Waals surface area (Å²) in [5, 5.41) is 11.4. The summed E-state index contributed by atoms with van der Waals surface area (Å²) in [7, 11) is 1.28. The number of benzene rings is 2. The lowest BCUT2D eigenvalue weighted by atomic mass is 9.98. The third-order valence-corrected chi connectivity index (χ3v) is 4.18. The molecule has 6 nitrogen and oxygen atoms in total. The van der Waals surface area contributed by atoms with E-state index in [0.717, 1.165) is 0 Å². The van der Waals surface area contributed by atoms with Gasteiger partial charge in [0, 0.05) is 28.9 Å². The van der Waals surface area contributed by atoms with Crippen LogP contribution in [0, 0.1) is 10.1 Å². The first-order valence-electron chi connectivity index (χ1n) is 7.59. The molecule has 0 bridgehead atoms. The molecule has 0 saturated heterocycles. The Balaban J connectivity index is 2.17. The summed E-state index contributed by atoms with van der Waals surface area (Å²) < 4.78 is 4.82. The Bertz CT molecular complexity index is 987. The number of nitro benzene ring substituents is 1. The lowest BCUT2D eigenvalue weighted by Gasteiger charge is -2.11. The van der Waals surface area contributed by atoms with Crippen LogP contribution in [0.1, 0.15) is 10.4 Å². The number of carbonyl (C=O) groups is 1. The molecule has 0 amide bonds. The standard InChI is InChI=1S/C19H13ClN2O4/c1-26-19(23)16-11-21-18(14-4-2-3-5-17(14)20)10-15(16)12-6-8-13(9-7-12)22(24)25/h2-11H,1H3. The molecule has 0 unspecified atom stereocenters. The molecule has 26 heavy (non-hydrogen) atoms. The molecule has 0 aliphatic heterocycles. The van der Waals surface area contributed by atoms with Crippen molar-refractivity contribution < 1.29 is 14.5 Å². The van der Waals surface area contributed by atoms with E-state index in [-0.39, 0.29) is 11.3 Å². The molecule has 0 atom stereocenters. The normalized spacial score (nSPS) is 10.4. The zero-order chi connectivity index (χ0) is 18.7. The molecule has 1 heterocycles. The number of aromatic nitrogens is 1. The summed E-state index contributed by atoms with van der Waals surface area (Å²) in [6, 6.07) is 14.9. The van der Waals surface area contributed by atoms with Crippen LogP contribution < -0.4 is 0 Å². The van der Waals surface area contributed by atoms with Gasteiger partial charge in [0.05, 0.1) is 23.3 Å². The number of pyridine rings is 1. The van der Waals surface area contributed by atoms with Gasteiger partial charge in [0.15, 0.2) is 0 Å². The van der Waals surface area contributed by atoms with Crippen LogP contribution in [-0.4, -0.2) is 23.0 Å². The highest BCUT2D eigenvalue weighted by Crippen LogP contribution is 2.32. The largest absolute Gasteiger partial charge is 0.465 e. The molecule has 0 N–H and O–H groups in total. The van der Waals surface area contributed by atoms with Crippen molar-refractivity contribution in [1.82, 2.24) is 4.98 Å². The topological polar surface area (TPSA) is 82.3 Å². The Morgan fingerprint density at radius 3 is 2.42 bits per heavy atom. The quantitative estimate of drug-likeness (QED) is 0.376. The molecule has 0 fully saturated rings. The van der Waals surface area contributed by atoms with Crippen LogP contribution in [-0.2, 0) is 4.74 Å². The zero-order valence-corrected chi connectivity index (χ0v) is 14.4. The average Bonchev–Trinajstić information content (AvgIpc) is 2.67. The molecular weight excluding hydrogens is 356 g/mol. The molecule has 2 aromatic carbocycles. The Kier molecular flexibility index (Phi) is 4.95. The van der Waals surface area contributed by atoms with Crippen LogP contribution in [0.3, 0.4) is 0 Å². The fraction of sp³-hybridized carbons (Fsp3) is 0.0526. The van der Waals surface area contributed by atoms with Crippen LogP contribution >= 0.6 is 11.6 Å². The number of esters is 1. The van der Waals surface area contributed by atoms with E-state index in [1.54, 1.807) is 24.3 Å². The Labute approximate surface area is 154 Å². The van der Waals surface area contributed by atoms with Crippen molar-refractivity contribution in [2.75, 3.05) is 7.11 Å². The minimum Gasteiger partial charge on any atom is -0.465 e. The van der Waals surface area contributed by atoms with Gasteiger partial charge in [-0.15, -0.1) is 0 Å². The van der Waals surface area contributed by atoms with Gasteiger partial charge >= 0.3 is 5.97 Å². The molecule has 0 aliphatic carbocycles.